The SMILES string of the molecule is CC1=NN(c2ccc(C)cc2)C(=O)/C1=C\c1ccc(O)c(O)c1. The van der Waals surface area contributed by atoms with Crippen molar-refractivity contribution in [2.75, 3.05) is 5.01 Å². The zero-order chi connectivity index (χ0) is 16.6. The Morgan fingerprint density at radius 3 is 2.35 bits per heavy atom. The van der Waals surface area contributed by atoms with Crippen LogP contribution in [0, 0.1) is 6.92 Å². The molecule has 1 heterocycles. The number of phenols is 2. The largest absolute Gasteiger partial charge is 0.504 e. The molecule has 2 aromatic rings. The number of rotatable bonds is 2. The van der Waals surface area contributed by atoms with Gasteiger partial charge in [0, 0.05) is 0 Å². The number of anilines is 1. The van der Waals surface area contributed by atoms with Crippen LogP contribution in [0.25, 0.3) is 6.08 Å². The molecule has 116 valence electrons. The molecule has 2 N–H and O–H groups in total. The molecule has 0 fully saturated rings. The number of amides is 1. The average Bonchev–Trinajstić information content (AvgIpc) is 2.80. The first-order chi connectivity index (χ1) is 11.0. The van der Waals surface area contributed by atoms with Gasteiger partial charge in [0.25, 0.3) is 5.91 Å². The van der Waals surface area contributed by atoms with Crippen molar-refractivity contribution in [3.05, 3.63) is 59.2 Å². The summed E-state index contributed by atoms with van der Waals surface area (Å²) in [5, 5.41) is 24.6. The summed E-state index contributed by atoms with van der Waals surface area (Å²) in [5.74, 6) is -0.648. The maximum Gasteiger partial charge on any atom is 0.280 e. The van der Waals surface area contributed by atoms with Crippen molar-refractivity contribution >= 4 is 23.4 Å². The molecule has 0 bridgehead atoms. The summed E-state index contributed by atoms with van der Waals surface area (Å²) in [4.78, 5) is 12.6. The Balaban J connectivity index is 1.94. The summed E-state index contributed by atoms with van der Waals surface area (Å²) in [6.07, 6.45) is 1.65. The van der Waals surface area contributed by atoms with E-state index in [1.807, 2.05) is 31.2 Å². The molecular formula is C18H16N2O3. The third-order valence-corrected chi connectivity index (χ3v) is 3.65. The molecule has 0 aromatic heterocycles. The van der Waals surface area contributed by atoms with Gasteiger partial charge in [-0.25, -0.2) is 0 Å². The number of phenolic OH excluding ortho intramolecular Hbond substituents is 2. The highest BCUT2D eigenvalue weighted by atomic mass is 16.3. The Morgan fingerprint density at radius 1 is 1.00 bits per heavy atom. The van der Waals surface area contributed by atoms with E-state index in [1.54, 1.807) is 19.1 Å². The van der Waals surface area contributed by atoms with E-state index in [1.165, 1.54) is 17.1 Å². The molecule has 0 unspecified atom stereocenters. The highest BCUT2D eigenvalue weighted by Crippen LogP contribution is 2.28. The molecule has 23 heavy (non-hydrogen) atoms. The lowest BCUT2D eigenvalue weighted by Gasteiger charge is -2.11. The van der Waals surface area contributed by atoms with Crippen molar-refractivity contribution in [3.63, 3.8) is 0 Å². The second kappa shape index (κ2) is 5.61. The zero-order valence-corrected chi connectivity index (χ0v) is 12.8. The van der Waals surface area contributed by atoms with Crippen LogP contribution in [0.1, 0.15) is 18.1 Å². The van der Waals surface area contributed by atoms with Crippen LogP contribution in [-0.4, -0.2) is 21.8 Å². The van der Waals surface area contributed by atoms with Gasteiger partial charge in [0.1, 0.15) is 0 Å². The third-order valence-electron chi connectivity index (χ3n) is 3.65. The molecule has 2 aromatic carbocycles. The van der Waals surface area contributed by atoms with E-state index in [0.29, 0.717) is 22.5 Å². The summed E-state index contributed by atoms with van der Waals surface area (Å²) >= 11 is 0. The van der Waals surface area contributed by atoms with E-state index in [2.05, 4.69) is 5.10 Å². The number of hydrazone groups is 1. The summed E-state index contributed by atoms with van der Waals surface area (Å²) < 4.78 is 0. The molecule has 1 amide bonds. The Morgan fingerprint density at radius 2 is 1.70 bits per heavy atom. The molecule has 0 aliphatic carbocycles. The molecule has 5 heteroatoms. The van der Waals surface area contributed by atoms with Gasteiger partial charge in [-0.05, 0) is 49.8 Å². The van der Waals surface area contributed by atoms with E-state index in [0.717, 1.165) is 5.56 Å². The summed E-state index contributed by atoms with van der Waals surface area (Å²) in [5.41, 5.74) is 3.48. The lowest BCUT2D eigenvalue weighted by molar-refractivity contribution is -0.114. The van der Waals surface area contributed by atoms with Crippen LogP contribution in [0.15, 0.2) is 53.1 Å². The van der Waals surface area contributed by atoms with Gasteiger partial charge in [-0.2, -0.15) is 10.1 Å². The van der Waals surface area contributed by atoms with Gasteiger partial charge in [-0.3, -0.25) is 4.79 Å². The third kappa shape index (κ3) is 2.81. The number of nitrogens with zero attached hydrogens (tertiary/aromatic N) is 2. The summed E-state index contributed by atoms with van der Waals surface area (Å²) in [6.45, 7) is 3.74. The van der Waals surface area contributed by atoms with Crippen molar-refractivity contribution in [1.82, 2.24) is 0 Å². The summed E-state index contributed by atoms with van der Waals surface area (Å²) in [7, 11) is 0. The van der Waals surface area contributed by atoms with Gasteiger partial charge in [-0.15, -0.1) is 0 Å². The van der Waals surface area contributed by atoms with Gasteiger partial charge < -0.3 is 10.2 Å². The average molecular weight is 308 g/mol. The second-order valence-corrected chi connectivity index (χ2v) is 5.44. The number of carbonyl (C=O) groups excluding carboxylic acids is 1. The maximum atomic E-state index is 12.6. The normalized spacial score (nSPS) is 16.1. The summed E-state index contributed by atoms with van der Waals surface area (Å²) in [6, 6.07) is 11.9. The molecule has 3 rings (SSSR count). The van der Waals surface area contributed by atoms with Gasteiger partial charge >= 0.3 is 0 Å². The molecule has 5 nitrogen and oxygen atoms in total. The Labute approximate surface area is 133 Å². The van der Waals surface area contributed by atoms with E-state index in [9.17, 15) is 15.0 Å². The fourth-order valence-corrected chi connectivity index (χ4v) is 2.34. The predicted octanol–water partition coefficient (Wildman–Crippen LogP) is 3.21. The second-order valence-electron chi connectivity index (χ2n) is 5.44. The maximum absolute atomic E-state index is 12.6. The van der Waals surface area contributed by atoms with E-state index in [4.69, 9.17) is 0 Å². The van der Waals surface area contributed by atoms with Crippen LogP contribution in [-0.2, 0) is 4.79 Å². The van der Waals surface area contributed by atoms with Crippen LogP contribution in [0.5, 0.6) is 11.5 Å². The van der Waals surface area contributed by atoms with Crippen LogP contribution in [0.2, 0.25) is 0 Å². The first-order valence-electron chi connectivity index (χ1n) is 7.16. The predicted molar refractivity (Wildman–Crippen MR) is 89.5 cm³/mol. The number of hydrogen-bond acceptors (Lipinski definition) is 4. The number of carbonyl (C=O) groups is 1. The van der Waals surface area contributed by atoms with Gasteiger partial charge in [0.05, 0.1) is 17.0 Å². The van der Waals surface area contributed by atoms with Gasteiger partial charge in [0.2, 0.25) is 0 Å². The number of benzene rings is 2. The molecule has 0 saturated carbocycles. The quantitative estimate of drug-likeness (QED) is 0.661. The topological polar surface area (TPSA) is 73.1 Å². The molecule has 0 saturated heterocycles. The van der Waals surface area contributed by atoms with Gasteiger partial charge in [0.15, 0.2) is 11.5 Å². The van der Waals surface area contributed by atoms with Crippen molar-refractivity contribution in [1.29, 1.82) is 0 Å². The van der Waals surface area contributed by atoms with Crippen molar-refractivity contribution < 1.29 is 15.0 Å². The minimum Gasteiger partial charge on any atom is -0.504 e. The monoisotopic (exact) mass is 308 g/mol. The highest BCUT2D eigenvalue weighted by Gasteiger charge is 2.28. The number of aromatic hydroxyl groups is 2. The lowest BCUT2D eigenvalue weighted by atomic mass is 10.1. The smallest absolute Gasteiger partial charge is 0.280 e. The molecule has 1 aliphatic rings. The van der Waals surface area contributed by atoms with Crippen molar-refractivity contribution in [2.45, 2.75) is 13.8 Å². The van der Waals surface area contributed by atoms with Crippen molar-refractivity contribution in [3.8, 4) is 11.5 Å². The van der Waals surface area contributed by atoms with Gasteiger partial charge in [-0.1, -0.05) is 23.8 Å². The highest BCUT2D eigenvalue weighted by molar-refractivity contribution is 6.32. The fraction of sp³-hybridized carbons (Fsp3) is 0.111. The first-order valence-corrected chi connectivity index (χ1v) is 7.16. The van der Waals surface area contributed by atoms with Crippen LogP contribution in [0.3, 0.4) is 0 Å². The number of hydrogen-bond donors (Lipinski definition) is 2. The minimum absolute atomic E-state index is 0.198. The first kappa shape index (κ1) is 14.8. The Hall–Kier alpha value is -3.08. The van der Waals surface area contributed by atoms with E-state index < -0.39 is 0 Å². The Kier molecular flexibility index (Phi) is 3.62. The zero-order valence-electron chi connectivity index (χ0n) is 12.8. The van der Waals surface area contributed by atoms with E-state index in [-0.39, 0.29) is 17.4 Å². The van der Waals surface area contributed by atoms with Crippen LogP contribution >= 0.6 is 0 Å². The van der Waals surface area contributed by atoms with E-state index >= 15 is 0 Å². The number of aryl methyl sites for hydroxylation is 1. The molecule has 0 radical (unpaired) electrons. The fourth-order valence-electron chi connectivity index (χ4n) is 2.34. The van der Waals surface area contributed by atoms with Crippen molar-refractivity contribution in [2.24, 2.45) is 5.10 Å². The molecular weight excluding hydrogens is 292 g/mol. The van der Waals surface area contributed by atoms with Crippen LogP contribution < -0.4 is 5.01 Å². The molecule has 1 aliphatic heterocycles. The lowest BCUT2D eigenvalue weighted by Crippen LogP contribution is -2.21. The Bertz CT molecular complexity index is 836. The molecule has 0 atom stereocenters. The minimum atomic E-state index is -0.227. The molecule has 0 spiro atoms. The standard InChI is InChI=1S/C18H16N2O3/c1-11-3-6-14(7-4-11)20-18(23)15(12(2)19-20)9-13-5-8-16(21)17(22)10-13/h3-10,21-22H,1-2H3/b15-9-. The van der Waals surface area contributed by atoms with Crippen LogP contribution in [0.4, 0.5) is 5.69 Å².